The van der Waals surface area contributed by atoms with E-state index in [0.29, 0.717) is 29.0 Å². The van der Waals surface area contributed by atoms with Gasteiger partial charge >= 0.3 is 0 Å². The van der Waals surface area contributed by atoms with Crippen molar-refractivity contribution in [1.29, 1.82) is 0 Å². The number of amides is 6. The molecule has 2 aliphatic rings. The molecule has 6 atom stereocenters. The molecule has 0 spiro atoms. The van der Waals surface area contributed by atoms with E-state index >= 15 is 0 Å². The van der Waals surface area contributed by atoms with Gasteiger partial charge in [-0.05, 0) is 90.6 Å². The first-order valence-corrected chi connectivity index (χ1v) is 23.4. The summed E-state index contributed by atoms with van der Waals surface area (Å²) in [4.78, 5) is 110. The SMILES string of the molecule is COc1cccc(C(=O)N[C@@H](CC(C)C)C(=O)N[C@@H](Cc2ccccc2C2CC2NC(=O)C(=O)[C@H](Cc2ccccc2)NC(=O)[C@@H](NC(=O)c2cccc(OC)c2)C(C)C)C(=O)C(=O)NC2CC2)c1. The van der Waals surface area contributed by atoms with Crippen molar-refractivity contribution in [2.45, 2.75) is 108 Å². The van der Waals surface area contributed by atoms with Gasteiger partial charge in [-0.15, -0.1) is 0 Å². The third-order valence-electron chi connectivity index (χ3n) is 12.1. The number of methoxy groups -OCH3 is 2. The molecule has 6 N–H and O–H groups in total. The number of nitrogens with one attached hydrogen (secondary N) is 6. The fraction of sp³-hybridized carbons (Fsp3) is 0.396. The number of ketones is 2. The van der Waals surface area contributed by atoms with Gasteiger partial charge in [-0.1, -0.05) is 94.4 Å². The van der Waals surface area contributed by atoms with E-state index in [2.05, 4.69) is 31.9 Å². The zero-order valence-corrected chi connectivity index (χ0v) is 39.8. The van der Waals surface area contributed by atoms with Crippen LogP contribution in [0.25, 0.3) is 0 Å². The van der Waals surface area contributed by atoms with Crippen LogP contribution in [0.15, 0.2) is 103 Å². The Hall–Kier alpha value is -7.36. The molecule has 364 valence electrons. The molecular weight excluding hydrogens is 881 g/mol. The first-order valence-electron chi connectivity index (χ1n) is 23.4. The lowest BCUT2D eigenvalue weighted by Crippen LogP contribution is -2.56. The molecule has 0 aliphatic heterocycles. The van der Waals surface area contributed by atoms with Crippen molar-refractivity contribution < 1.29 is 47.8 Å². The number of hydrogen-bond acceptors (Lipinski definition) is 10. The van der Waals surface area contributed by atoms with Gasteiger partial charge in [0.05, 0.1) is 14.2 Å². The summed E-state index contributed by atoms with van der Waals surface area (Å²) < 4.78 is 10.5. The molecule has 2 aliphatic carbocycles. The second-order valence-electron chi connectivity index (χ2n) is 18.4. The molecule has 0 saturated heterocycles. The summed E-state index contributed by atoms with van der Waals surface area (Å²) in [6.07, 6.45) is 2.09. The summed E-state index contributed by atoms with van der Waals surface area (Å²) in [6, 6.07) is 23.8. The maximum Gasteiger partial charge on any atom is 0.289 e. The third kappa shape index (κ3) is 14.3. The Labute approximate surface area is 402 Å². The maximum absolute atomic E-state index is 14.1. The highest BCUT2D eigenvalue weighted by Crippen LogP contribution is 2.42. The molecule has 6 rings (SSSR count). The Morgan fingerprint density at radius 1 is 0.580 bits per heavy atom. The monoisotopic (exact) mass is 942 g/mol. The summed E-state index contributed by atoms with van der Waals surface area (Å²) >= 11 is 0. The average molecular weight is 943 g/mol. The van der Waals surface area contributed by atoms with Crippen molar-refractivity contribution in [1.82, 2.24) is 31.9 Å². The smallest absolute Gasteiger partial charge is 0.289 e. The van der Waals surface area contributed by atoms with Gasteiger partial charge in [0.2, 0.25) is 23.4 Å². The standard InChI is InChI=1S/C53H62N6O10/c1-30(2)24-44(58-48(62)34-17-12-19-37(26-34)68-5)50(64)56-43(47(61)52(66)54-36-22-23-36)28-33-16-10-11-21-39(33)40-29-41(40)55-53(67)46(60)42(25-32-14-8-7-9-15-32)57-51(65)45(31(3)4)59-49(63)35-18-13-20-38(27-35)69-6/h7-21,26-27,30-31,36,40-45H,22-25,28-29H2,1-6H3,(H,54,66)(H,55,67)(H,56,64)(H,57,65)(H,58,62)(H,59,63)/t40?,41?,42-,43-,44-,45-/m0/s1. The van der Waals surface area contributed by atoms with Crippen LogP contribution in [0.2, 0.25) is 0 Å². The quantitative estimate of drug-likeness (QED) is 0.0551. The molecule has 2 unspecified atom stereocenters. The van der Waals surface area contributed by atoms with Gasteiger partial charge in [-0.25, -0.2) is 0 Å². The lowest BCUT2D eigenvalue weighted by atomic mass is 9.94. The van der Waals surface area contributed by atoms with Crippen molar-refractivity contribution in [3.05, 3.63) is 131 Å². The van der Waals surface area contributed by atoms with Gasteiger partial charge in [0.15, 0.2) is 0 Å². The highest BCUT2D eigenvalue weighted by Gasteiger charge is 2.43. The number of carbonyl (C=O) groups excluding carboxylic acids is 8. The Kier molecular flexibility index (Phi) is 17.4. The topological polar surface area (TPSA) is 227 Å². The second kappa shape index (κ2) is 23.6. The number of ether oxygens (including phenoxy) is 2. The molecule has 2 fully saturated rings. The van der Waals surface area contributed by atoms with Gasteiger partial charge < -0.3 is 41.4 Å². The fourth-order valence-corrected chi connectivity index (χ4v) is 8.07. The summed E-state index contributed by atoms with van der Waals surface area (Å²) in [7, 11) is 2.96. The van der Waals surface area contributed by atoms with E-state index < -0.39 is 83.1 Å². The van der Waals surface area contributed by atoms with Gasteiger partial charge in [0, 0.05) is 42.0 Å². The van der Waals surface area contributed by atoms with E-state index in [1.54, 1.807) is 105 Å². The average Bonchev–Trinajstić information content (AvgIpc) is 4.30. The normalized spacial score (nSPS) is 16.7. The van der Waals surface area contributed by atoms with Crippen LogP contribution in [-0.2, 0) is 41.6 Å². The van der Waals surface area contributed by atoms with Crippen LogP contribution < -0.4 is 41.4 Å². The zero-order valence-electron chi connectivity index (χ0n) is 39.8. The van der Waals surface area contributed by atoms with Crippen LogP contribution in [0, 0.1) is 11.8 Å². The summed E-state index contributed by atoms with van der Waals surface area (Å²) in [5.41, 5.74) is 2.62. The molecule has 16 heteroatoms. The molecule has 0 radical (unpaired) electrons. The number of carbonyl (C=O) groups is 8. The van der Waals surface area contributed by atoms with Gasteiger partial charge in [-0.3, -0.25) is 38.4 Å². The molecule has 4 aromatic rings. The van der Waals surface area contributed by atoms with E-state index in [1.165, 1.54) is 14.2 Å². The van der Waals surface area contributed by atoms with Crippen LogP contribution in [0.1, 0.15) is 96.7 Å². The van der Waals surface area contributed by atoms with Gasteiger partial charge in [0.25, 0.3) is 23.6 Å². The fourth-order valence-electron chi connectivity index (χ4n) is 8.07. The molecular formula is C53H62N6O10. The molecule has 0 aromatic heterocycles. The number of rotatable bonds is 24. The van der Waals surface area contributed by atoms with E-state index in [1.807, 2.05) is 26.0 Å². The van der Waals surface area contributed by atoms with E-state index in [9.17, 15) is 38.4 Å². The lowest BCUT2D eigenvalue weighted by Gasteiger charge is -2.25. The van der Waals surface area contributed by atoms with Crippen LogP contribution in [-0.4, -0.2) is 97.5 Å². The van der Waals surface area contributed by atoms with E-state index in [-0.39, 0.29) is 48.3 Å². The first kappa shape index (κ1) is 51.0. The van der Waals surface area contributed by atoms with E-state index in [0.717, 1.165) is 18.4 Å². The van der Waals surface area contributed by atoms with Crippen LogP contribution in [0.4, 0.5) is 0 Å². The van der Waals surface area contributed by atoms with Crippen LogP contribution in [0.5, 0.6) is 11.5 Å². The van der Waals surface area contributed by atoms with Gasteiger partial charge in [-0.2, -0.15) is 0 Å². The Bertz CT molecular complexity index is 2520. The molecule has 4 aromatic carbocycles. The predicted molar refractivity (Wildman–Crippen MR) is 257 cm³/mol. The Morgan fingerprint density at radius 2 is 1.13 bits per heavy atom. The summed E-state index contributed by atoms with van der Waals surface area (Å²) in [6.45, 7) is 7.30. The summed E-state index contributed by atoms with van der Waals surface area (Å²) in [5, 5.41) is 16.7. The molecule has 6 amide bonds. The van der Waals surface area contributed by atoms with Crippen LogP contribution in [0.3, 0.4) is 0 Å². The number of hydrogen-bond donors (Lipinski definition) is 6. The third-order valence-corrected chi connectivity index (χ3v) is 12.1. The minimum Gasteiger partial charge on any atom is -0.497 e. The lowest BCUT2D eigenvalue weighted by molar-refractivity contribution is -0.140. The highest BCUT2D eigenvalue weighted by molar-refractivity contribution is 6.39. The van der Waals surface area contributed by atoms with Crippen molar-refractivity contribution >= 4 is 47.0 Å². The first-order chi connectivity index (χ1) is 33.0. The highest BCUT2D eigenvalue weighted by atomic mass is 16.5. The molecule has 0 bridgehead atoms. The molecule has 69 heavy (non-hydrogen) atoms. The van der Waals surface area contributed by atoms with Gasteiger partial charge in [0.1, 0.15) is 35.7 Å². The largest absolute Gasteiger partial charge is 0.497 e. The maximum atomic E-state index is 14.1. The minimum atomic E-state index is -1.31. The molecule has 2 saturated carbocycles. The van der Waals surface area contributed by atoms with E-state index in [4.69, 9.17) is 9.47 Å². The molecule has 16 nitrogen and oxygen atoms in total. The molecule has 0 heterocycles. The minimum absolute atomic E-state index is 0.00256. The van der Waals surface area contributed by atoms with Crippen molar-refractivity contribution in [3.63, 3.8) is 0 Å². The summed E-state index contributed by atoms with van der Waals surface area (Å²) in [5.74, 6) is -5.56. The Balaban J connectivity index is 1.16. The zero-order chi connectivity index (χ0) is 49.8. The predicted octanol–water partition coefficient (Wildman–Crippen LogP) is 4.15. The van der Waals surface area contributed by atoms with Crippen molar-refractivity contribution in [2.75, 3.05) is 14.2 Å². The number of Topliss-reactive ketones (excluding diaryl/α,β-unsaturated/α-hetero) is 2. The van der Waals surface area contributed by atoms with Crippen molar-refractivity contribution in [2.24, 2.45) is 11.8 Å². The van der Waals surface area contributed by atoms with Crippen molar-refractivity contribution in [3.8, 4) is 11.5 Å². The Morgan fingerprint density at radius 3 is 1.71 bits per heavy atom. The number of benzene rings is 4. The second-order valence-corrected chi connectivity index (χ2v) is 18.4. The van der Waals surface area contributed by atoms with Crippen LogP contribution >= 0.6 is 0 Å².